The highest BCUT2D eigenvalue weighted by molar-refractivity contribution is 5.53. The minimum Gasteiger partial charge on any atom is -0.388 e. The number of aliphatic hydroxyl groups is 1. The summed E-state index contributed by atoms with van der Waals surface area (Å²) in [5.41, 5.74) is 0.414. The van der Waals surface area contributed by atoms with Crippen molar-refractivity contribution >= 4 is 0 Å². The SMILES string of the molecule is OC1(Cn2cnc(-c3ccccc3)n2)CCCCC1. The molecule has 1 aliphatic carbocycles. The maximum atomic E-state index is 10.5. The molecule has 1 heterocycles. The Labute approximate surface area is 113 Å². The van der Waals surface area contributed by atoms with Gasteiger partial charge in [0.15, 0.2) is 5.82 Å². The molecule has 3 rings (SSSR count). The number of aromatic nitrogens is 3. The van der Waals surface area contributed by atoms with Crippen molar-refractivity contribution in [2.75, 3.05) is 0 Å². The molecule has 1 saturated carbocycles. The van der Waals surface area contributed by atoms with Crippen molar-refractivity contribution in [3.63, 3.8) is 0 Å². The number of nitrogens with zero attached hydrogens (tertiary/aromatic N) is 3. The van der Waals surface area contributed by atoms with Gasteiger partial charge in [0.2, 0.25) is 0 Å². The molecule has 1 N–H and O–H groups in total. The van der Waals surface area contributed by atoms with Gasteiger partial charge in [0.05, 0.1) is 12.1 Å². The van der Waals surface area contributed by atoms with E-state index in [-0.39, 0.29) is 0 Å². The second-order valence-electron chi connectivity index (χ2n) is 5.42. The predicted octanol–water partition coefficient (Wildman–Crippen LogP) is 2.64. The van der Waals surface area contributed by atoms with Gasteiger partial charge in [0.1, 0.15) is 6.33 Å². The molecule has 4 heteroatoms. The number of rotatable bonds is 3. The first kappa shape index (κ1) is 12.4. The largest absolute Gasteiger partial charge is 0.388 e. The first-order valence-electron chi connectivity index (χ1n) is 6.92. The van der Waals surface area contributed by atoms with Crippen molar-refractivity contribution in [1.29, 1.82) is 0 Å². The first-order valence-corrected chi connectivity index (χ1v) is 6.92. The first-order chi connectivity index (χ1) is 9.25. The fourth-order valence-electron chi connectivity index (χ4n) is 2.76. The molecule has 4 nitrogen and oxygen atoms in total. The molecule has 0 aliphatic heterocycles. The Bertz CT molecular complexity index is 529. The Balaban J connectivity index is 1.75. The van der Waals surface area contributed by atoms with Gasteiger partial charge in [-0.25, -0.2) is 9.67 Å². The van der Waals surface area contributed by atoms with Gasteiger partial charge < -0.3 is 5.11 Å². The minimum atomic E-state index is -0.597. The summed E-state index contributed by atoms with van der Waals surface area (Å²) in [6.45, 7) is 0.548. The summed E-state index contributed by atoms with van der Waals surface area (Å²) in [6, 6.07) is 9.92. The number of hydrogen-bond acceptors (Lipinski definition) is 3. The molecule has 1 aromatic carbocycles. The van der Waals surface area contributed by atoms with Gasteiger partial charge in [-0.1, -0.05) is 49.6 Å². The highest BCUT2D eigenvalue weighted by atomic mass is 16.3. The number of benzene rings is 1. The zero-order chi connectivity index (χ0) is 13.1. The van der Waals surface area contributed by atoms with Crippen LogP contribution in [0, 0.1) is 0 Å². The molecule has 1 fully saturated rings. The van der Waals surface area contributed by atoms with Gasteiger partial charge in [0, 0.05) is 5.56 Å². The summed E-state index contributed by atoms with van der Waals surface area (Å²) in [6.07, 6.45) is 6.90. The third-order valence-electron chi connectivity index (χ3n) is 3.81. The lowest BCUT2D eigenvalue weighted by Gasteiger charge is -2.31. The highest BCUT2D eigenvalue weighted by Crippen LogP contribution is 2.29. The zero-order valence-electron chi connectivity index (χ0n) is 11.0. The molecule has 1 aromatic heterocycles. The van der Waals surface area contributed by atoms with E-state index in [1.807, 2.05) is 30.3 Å². The monoisotopic (exact) mass is 257 g/mol. The summed E-state index contributed by atoms with van der Waals surface area (Å²) in [5, 5.41) is 15.0. The molecule has 0 amide bonds. The number of hydrogen-bond donors (Lipinski definition) is 1. The molecule has 0 unspecified atom stereocenters. The second-order valence-corrected chi connectivity index (χ2v) is 5.42. The van der Waals surface area contributed by atoms with Gasteiger partial charge in [-0.05, 0) is 12.8 Å². The molecule has 0 atom stereocenters. The third kappa shape index (κ3) is 2.84. The van der Waals surface area contributed by atoms with Crippen molar-refractivity contribution in [2.24, 2.45) is 0 Å². The van der Waals surface area contributed by atoms with Crippen LogP contribution >= 0.6 is 0 Å². The Morgan fingerprint density at radius 1 is 1.11 bits per heavy atom. The smallest absolute Gasteiger partial charge is 0.181 e. The third-order valence-corrected chi connectivity index (χ3v) is 3.81. The average molecular weight is 257 g/mol. The molecule has 0 saturated heterocycles. The molecule has 2 aromatic rings. The van der Waals surface area contributed by atoms with Crippen molar-refractivity contribution in [3.05, 3.63) is 36.7 Å². The Morgan fingerprint density at radius 2 is 1.84 bits per heavy atom. The molecule has 100 valence electrons. The normalized spacial score (nSPS) is 18.4. The lowest BCUT2D eigenvalue weighted by molar-refractivity contribution is -0.0143. The maximum Gasteiger partial charge on any atom is 0.181 e. The van der Waals surface area contributed by atoms with Crippen molar-refractivity contribution < 1.29 is 5.11 Å². The highest BCUT2D eigenvalue weighted by Gasteiger charge is 2.30. The molecular formula is C15H19N3O. The fourth-order valence-corrected chi connectivity index (χ4v) is 2.76. The van der Waals surface area contributed by atoms with Gasteiger partial charge in [-0.3, -0.25) is 0 Å². The van der Waals surface area contributed by atoms with Crippen LogP contribution in [0.15, 0.2) is 36.7 Å². The summed E-state index contributed by atoms with van der Waals surface area (Å²) in [7, 11) is 0. The van der Waals surface area contributed by atoms with E-state index in [0.717, 1.165) is 37.1 Å². The van der Waals surface area contributed by atoms with Crippen LogP contribution in [-0.4, -0.2) is 25.5 Å². The van der Waals surface area contributed by atoms with Crippen LogP contribution in [-0.2, 0) is 6.54 Å². The van der Waals surface area contributed by atoms with Gasteiger partial charge in [-0.15, -0.1) is 0 Å². The van der Waals surface area contributed by atoms with Crippen molar-refractivity contribution in [2.45, 2.75) is 44.2 Å². The molecule has 1 aliphatic rings. The summed E-state index contributed by atoms with van der Waals surface area (Å²) >= 11 is 0. The van der Waals surface area contributed by atoms with Gasteiger partial charge >= 0.3 is 0 Å². The predicted molar refractivity (Wildman–Crippen MR) is 73.5 cm³/mol. The van der Waals surface area contributed by atoms with Crippen LogP contribution in [0.3, 0.4) is 0 Å². The Morgan fingerprint density at radius 3 is 2.58 bits per heavy atom. The van der Waals surface area contributed by atoms with E-state index in [9.17, 15) is 5.11 Å². The van der Waals surface area contributed by atoms with E-state index in [2.05, 4.69) is 10.1 Å². The van der Waals surface area contributed by atoms with Gasteiger partial charge in [-0.2, -0.15) is 5.10 Å². The Kier molecular flexibility index (Phi) is 3.34. The lowest BCUT2D eigenvalue weighted by atomic mass is 9.85. The van der Waals surface area contributed by atoms with Crippen molar-refractivity contribution in [1.82, 2.24) is 14.8 Å². The van der Waals surface area contributed by atoms with Crippen LogP contribution in [0.2, 0.25) is 0 Å². The zero-order valence-corrected chi connectivity index (χ0v) is 11.0. The molecule has 0 bridgehead atoms. The van der Waals surface area contributed by atoms with E-state index < -0.39 is 5.60 Å². The van der Waals surface area contributed by atoms with Crippen LogP contribution in [0.5, 0.6) is 0 Å². The van der Waals surface area contributed by atoms with E-state index in [1.165, 1.54) is 6.42 Å². The molecular weight excluding hydrogens is 238 g/mol. The quantitative estimate of drug-likeness (QED) is 0.919. The Hall–Kier alpha value is -1.68. The van der Waals surface area contributed by atoms with Crippen molar-refractivity contribution in [3.8, 4) is 11.4 Å². The van der Waals surface area contributed by atoms with Crippen LogP contribution in [0.4, 0.5) is 0 Å². The summed E-state index contributed by atoms with van der Waals surface area (Å²) in [5.74, 6) is 0.722. The van der Waals surface area contributed by atoms with Crippen LogP contribution in [0.1, 0.15) is 32.1 Å². The molecule has 19 heavy (non-hydrogen) atoms. The van der Waals surface area contributed by atoms with E-state index in [0.29, 0.717) is 6.54 Å². The second kappa shape index (κ2) is 5.13. The van der Waals surface area contributed by atoms with E-state index in [4.69, 9.17) is 0 Å². The van der Waals surface area contributed by atoms with Crippen LogP contribution < -0.4 is 0 Å². The van der Waals surface area contributed by atoms with E-state index in [1.54, 1.807) is 11.0 Å². The lowest BCUT2D eigenvalue weighted by Crippen LogP contribution is -2.36. The maximum absolute atomic E-state index is 10.5. The topological polar surface area (TPSA) is 50.9 Å². The standard InChI is InChI=1S/C15H19N3O/c19-15(9-5-2-6-10-15)11-18-12-16-14(17-18)13-7-3-1-4-8-13/h1,3-4,7-8,12,19H,2,5-6,9-11H2. The average Bonchev–Trinajstić information content (AvgIpc) is 2.88. The molecule has 0 spiro atoms. The summed E-state index contributed by atoms with van der Waals surface area (Å²) < 4.78 is 1.77. The van der Waals surface area contributed by atoms with Gasteiger partial charge in [0.25, 0.3) is 0 Å². The van der Waals surface area contributed by atoms with Crippen LogP contribution in [0.25, 0.3) is 11.4 Å². The minimum absolute atomic E-state index is 0.548. The van der Waals surface area contributed by atoms with E-state index >= 15 is 0 Å². The fraction of sp³-hybridized carbons (Fsp3) is 0.467. The molecule has 0 radical (unpaired) electrons. The summed E-state index contributed by atoms with van der Waals surface area (Å²) in [4.78, 5) is 4.32.